The van der Waals surface area contributed by atoms with Crippen LogP contribution in [-0.2, 0) is 12.8 Å². The Morgan fingerprint density at radius 1 is 0.220 bits per heavy atom. The standard InChI is InChI=1S/C50H94/c1-3-5-7-9-11-13-15-17-19-21-23-25-27-29-31-33-35-37-39-41-45-49-47-43-44-48-50(49)46-42-40-38-36-34-32-30-28-26-24-22-20-18-16-14-12-10-8-6-4-2/h43-44,47-48H,3-42,45-46H2,1-2H3. The molecule has 0 saturated carbocycles. The molecule has 0 heterocycles. The molecule has 1 rings (SSSR count). The smallest absolute Gasteiger partial charge is 0.0276 e. The van der Waals surface area contributed by atoms with Crippen LogP contribution in [0.5, 0.6) is 0 Å². The average molecular weight is 695 g/mol. The zero-order valence-electron chi connectivity index (χ0n) is 35.0. The van der Waals surface area contributed by atoms with E-state index < -0.39 is 0 Å². The summed E-state index contributed by atoms with van der Waals surface area (Å²) in [5.41, 5.74) is 3.29. The van der Waals surface area contributed by atoms with Crippen LogP contribution in [0.15, 0.2) is 24.3 Å². The van der Waals surface area contributed by atoms with Crippen molar-refractivity contribution in [2.24, 2.45) is 0 Å². The Kier molecular flexibility index (Phi) is 38.7. The van der Waals surface area contributed by atoms with E-state index in [2.05, 4.69) is 38.1 Å². The molecule has 1 aromatic carbocycles. The summed E-state index contributed by atoms with van der Waals surface area (Å²) in [5, 5.41) is 0. The maximum atomic E-state index is 2.42. The first kappa shape index (κ1) is 47.2. The number of unbranched alkanes of at least 4 members (excludes halogenated alkanes) is 38. The van der Waals surface area contributed by atoms with E-state index >= 15 is 0 Å². The molecule has 0 aliphatic heterocycles. The van der Waals surface area contributed by atoms with Gasteiger partial charge in [0.15, 0.2) is 0 Å². The van der Waals surface area contributed by atoms with Crippen LogP contribution in [-0.4, -0.2) is 0 Å². The molecule has 0 aliphatic carbocycles. The highest BCUT2D eigenvalue weighted by atomic mass is 14.1. The lowest BCUT2D eigenvalue weighted by atomic mass is 9.96. The van der Waals surface area contributed by atoms with E-state index in [1.54, 1.807) is 11.1 Å². The predicted octanol–water partition coefficient (Wildman–Crippen LogP) is 18.4. The van der Waals surface area contributed by atoms with Crippen molar-refractivity contribution in [3.63, 3.8) is 0 Å². The molecule has 0 radical (unpaired) electrons. The van der Waals surface area contributed by atoms with Crippen LogP contribution in [0.3, 0.4) is 0 Å². The number of rotatable bonds is 42. The van der Waals surface area contributed by atoms with Gasteiger partial charge >= 0.3 is 0 Å². The van der Waals surface area contributed by atoms with Crippen molar-refractivity contribution >= 4 is 0 Å². The third-order valence-corrected chi connectivity index (χ3v) is 11.7. The maximum Gasteiger partial charge on any atom is -0.0276 e. The van der Waals surface area contributed by atoms with E-state index in [0.29, 0.717) is 0 Å². The van der Waals surface area contributed by atoms with Gasteiger partial charge in [-0.15, -0.1) is 0 Å². The van der Waals surface area contributed by atoms with E-state index in [0.717, 1.165) is 0 Å². The minimum atomic E-state index is 1.30. The fourth-order valence-corrected chi connectivity index (χ4v) is 8.19. The first-order valence-electron chi connectivity index (χ1n) is 23.9. The first-order chi connectivity index (χ1) is 24.9. The molecule has 0 N–H and O–H groups in total. The maximum absolute atomic E-state index is 2.42. The van der Waals surface area contributed by atoms with Gasteiger partial charge < -0.3 is 0 Å². The molecule has 0 bridgehead atoms. The molecule has 0 unspecified atom stereocenters. The third kappa shape index (κ3) is 34.3. The Bertz CT molecular complexity index is 685. The van der Waals surface area contributed by atoms with E-state index in [1.807, 2.05) is 0 Å². The van der Waals surface area contributed by atoms with Gasteiger partial charge in [-0.3, -0.25) is 0 Å². The van der Waals surface area contributed by atoms with Crippen LogP contribution in [0.4, 0.5) is 0 Å². The second kappa shape index (κ2) is 41.0. The van der Waals surface area contributed by atoms with Gasteiger partial charge in [0.25, 0.3) is 0 Å². The van der Waals surface area contributed by atoms with Gasteiger partial charge in [-0.05, 0) is 36.8 Å². The summed E-state index contributed by atoms with van der Waals surface area (Å²) >= 11 is 0. The Balaban J connectivity index is 1.83. The SMILES string of the molecule is CCCCCCCCCCCCCCCCCCCCCCc1ccccc1CCCCCCCCCCCCCCCCCCCCCC. The summed E-state index contributed by atoms with van der Waals surface area (Å²) in [6.07, 6.45) is 61.0. The molecule has 0 fully saturated rings. The fraction of sp³-hybridized carbons (Fsp3) is 0.880. The van der Waals surface area contributed by atoms with E-state index in [1.165, 1.54) is 270 Å². The lowest BCUT2D eigenvalue weighted by Crippen LogP contribution is -1.95. The summed E-state index contributed by atoms with van der Waals surface area (Å²) in [4.78, 5) is 0. The van der Waals surface area contributed by atoms with Crippen LogP contribution >= 0.6 is 0 Å². The molecule has 0 atom stereocenters. The van der Waals surface area contributed by atoms with Crippen LogP contribution in [0.1, 0.15) is 282 Å². The largest absolute Gasteiger partial charge is 0.0654 e. The minimum Gasteiger partial charge on any atom is -0.0654 e. The van der Waals surface area contributed by atoms with Gasteiger partial charge in [0, 0.05) is 0 Å². The minimum absolute atomic E-state index is 1.30. The summed E-state index contributed by atoms with van der Waals surface area (Å²) in [7, 11) is 0. The number of hydrogen-bond acceptors (Lipinski definition) is 0. The zero-order valence-corrected chi connectivity index (χ0v) is 35.0. The molecule has 0 aromatic heterocycles. The van der Waals surface area contributed by atoms with E-state index in [9.17, 15) is 0 Å². The van der Waals surface area contributed by atoms with Crippen LogP contribution < -0.4 is 0 Å². The van der Waals surface area contributed by atoms with Crippen molar-refractivity contribution in [3.8, 4) is 0 Å². The van der Waals surface area contributed by atoms with Gasteiger partial charge in [-0.1, -0.05) is 282 Å². The molecule has 0 nitrogen and oxygen atoms in total. The Morgan fingerprint density at radius 2 is 0.380 bits per heavy atom. The molecule has 294 valence electrons. The highest BCUT2D eigenvalue weighted by molar-refractivity contribution is 5.27. The normalized spacial score (nSPS) is 11.6. The van der Waals surface area contributed by atoms with Crippen molar-refractivity contribution in [3.05, 3.63) is 35.4 Å². The van der Waals surface area contributed by atoms with Gasteiger partial charge in [-0.25, -0.2) is 0 Å². The van der Waals surface area contributed by atoms with Crippen molar-refractivity contribution < 1.29 is 0 Å². The van der Waals surface area contributed by atoms with Gasteiger partial charge in [0.1, 0.15) is 0 Å². The molecular weight excluding hydrogens is 601 g/mol. The Morgan fingerprint density at radius 3 is 0.560 bits per heavy atom. The molecule has 0 saturated heterocycles. The summed E-state index contributed by atoms with van der Waals surface area (Å²) in [6, 6.07) is 9.38. The van der Waals surface area contributed by atoms with Gasteiger partial charge in [0.2, 0.25) is 0 Å². The Hall–Kier alpha value is -0.780. The quantitative estimate of drug-likeness (QED) is 0.0598. The summed E-state index contributed by atoms with van der Waals surface area (Å²) in [5.74, 6) is 0. The molecule has 0 amide bonds. The van der Waals surface area contributed by atoms with Crippen molar-refractivity contribution in [2.45, 2.75) is 284 Å². The highest BCUT2D eigenvalue weighted by Crippen LogP contribution is 2.20. The summed E-state index contributed by atoms with van der Waals surface area (Å²) in [6.45, 7) is 4.62. The first-order valence-corrected chi connectivity index (χ1v) is 23.9. The van der Waals surface area contributed by atoms with Gasteiger partial charge in [0.05, 0.1) is 0 Å². The van der Waals surface area contributed by atoms with Gasteiger partial charge in [-0.2, -0.15) is 0 Å². The summed E-state index contributed by atoms with van der Waals surface area (Å²) < 4.78 is 0. The number of benzene rings is 1. The molecular formula is C50H94. The average Bonchev–Trinajstić information content (AvgIpc) is 3.13. The van der Waals surface area contributed by atoms with Crippen molar-refractivity contribution in [1.82, 2.24) is 0 Å². The second-order valence-electron chi connectivity index (χ2n) is 16.7. The lowest BCUT2D eigenvalue weighted by molar-refractivity contribution is 0.521. The molecule has 0 aliphatic rings. The van der Waals surface area contributed by atoms with Crippen LogP contribution in [0.25, 0.3) is 0 Å². The van der Waals surface area contributed by atoms with Crippen molar-refractivity contribution in [1.29, 1.82) is 0 Å². The molecule has 0 heteroatoms. The van der Waals surface area contributed by atoms with E-state index in [-0.39, 0.29) is 0 Å². The lowest BCUT2D eigenvalue weighted by Gasteiger charge is -2.10. The second-order valence-corrected chi connectivity index (χ2v) is 16.7. The topological polar surface area (TPSA) is 0 Å². The highest BCUT2D eigenvalue weighted by Gasteiger charge is 2.03. The monoisotopic (exact) mass is 695 g/mol. The molecule has 50 heavy (non-hydrogen) atoms. The third-order valence-electron chi connectivity index (χ3n) is 11.7. The van der Waals surface area contributed by atoms with Crippen molar-refractivity contribution in [2.75, 3.05) is 0 Å². The molecule has 1 aromatic rings. The zero-order chi connectivity index (χ0) is 35.7. The predicted molar refractivity (Wildman–Crippen MR) is 230 cm³/mol. The fourth-order valence-electron chi connectivity index (χ4n) is 8.19. The molecule has 0 spiro atoms. The number of aryl methyl sites for hydroxylation is 2. The van der Waals surface area contributed by atoms with Crippen LogP contribution in [0.2, 0.25) is 0 Å². The van der Waals surface area contributed by atoms with E-state index in [4.69, 9.17) is 0 Å². The van der Waals surface area contributed by atoms with Crippen LogP contribution in [0, 0.1) is 0 Å². The Labute approximate surface area is 317 Å². The number of hydrogen-bond donors (Lipinski definition) is 0.